The van der Waals surface area contributed by atoms with Crippen LogP contribution in [0.3, 0.4) is 0 Å². The monoisotopic (exact) mass is 284 g/mol. The molecule has 0 aromatic carbocycles. The van der Waals surface area contributed by atoms with Crippen molar-refractivity contribution in [3.63, 3.8) is 0 Å². The van der Waals surface area contributed by atoms with Crippen LogP contribution in [0.1, 0.15) is 59.8 Å². The Morgan fingerprint density at radius 2 is 2.00 bits per heavy atom. The number of ether oxygens (including phenoxy) is 1. The summed E-state index contributed by atoms with van der Waals surface area (Å²) in [7, 11) is 0. The molecule has 1 aliphatic carbocycles. The molecular formula is C16H28O4. The molecule has 3 unspecified atom stereocenters. The molecule has 0 aromatic rings. The van der Waals surface area contributed by atoms with Gasteiger partial charge < -0.3 is 9.84 Å². The van der Waals surface area contributed by atoms with E-state index in [1.165, 1.54) is 0 Å². The largest absolute Gasteiger partial charge is 0.480 e. The highest BCUT2D eigenvalue weighted by atomic mass is 16.5. The molecule has 0 aromatic heterocycles. The standard InChI is InChI=1S/C16H28O4/c1-5-20-15(19)16(14(17)18,10-11(2)3)13-8-6-7-12(4)9-13/h11-13H,5-10H2,1-4H3,(H,17,18). The number of carbonyl (C=O) groups excluding carboxylic acids is 1. The molecule has 0 spiro atoms. The van der Waals surface area contributed by atoms with Crippen LogP contribution in [0, 0.1) is 23.2 Å². The first kappa shape index (κ1) is 17.0. The number of hydrogen-bond acceptors (Lipinski definition) is 3. The first-order valence-electron chi connectivity index (χ1n) is 7.75. The molecule has 1 fully saturated rings. The minimum absolute atomic E-state index is 0.106. The lowest BCUT2D eigenvalue weighted by Crippen LogP contribution is -2.49. The topological polar surface area (TPSA) is 63.6 Å². The van der Waals surface area contributed by atoms with Crippen LogP contribution in [-0.2, 0) is 14.3 Å². The lowest BCUT2D eigenvalue weighted by atomic mass is 9.63. The maximum absolute atomic E-state index is 12.4. The number of carboxylic acid groups (broad SMARTS) is 1. The summed E-state index contributed by atoms with van der Waals surface area (Å²) in [6.45, 7) is 8.02. The van der Waals surface area contributed by atoms with E-state index in [4.69, 9.17) is 4.74 Å². The highest BCUT2D eigenvalue weighted by molar-refractivity contribution is 5.99. The zero-order valence-corrected chi connectivity index (χ0v) is 13.1. The van der Waals surface area contributed by atoms with Crippen molar-refractivity contribution in [2.45, 2.75) is 59.8 Å². The predicted molar refractivity (Wildman–Crippen MR) is 77.3 cm³/mol. The number of aliphatic carboxylic acids is 1. The molecular weight excluding hydrogens is 256 g/mol. The Morgan fingerprint density at radius 1 is 1.35 bits per heavy atom. The van der Waals surface area contributed by atoms with Gasteiger partial charge in [0.05, 0.1) is 6.61 Å². The molecule has 0 heterocycles. The maximum atomic E-state index is 12.4. The van der Waals surface area contributed by atoms with Crippen LogP contribution in [0.25, 0.3) is 0 Å². The van der Waals surface area contributed by atoms with Crippen molar-refractivity contribution in [1.82, 2.24) is 0 Å². The van der Waals surface area contributed by atoms with Gasteiger partial charge >= 0.3 is 11.9 Å². The molecule has 1 N–H and O–H groups in total. The van der Waals surface area contributed by atoms with E-state index in [2.05, 4.69) is 6.92 Å². The Morgan fingerprint density at radius 3 is 2.45 bits per heavy atom. The van der Waals surface area contributed by atoms with Gasteiger partial charge in [0, 0.05) is 0 Å². The van der Waals surface area contributed by atoms with E-state index in [0.29, 0.717) is 12.3 Å². The van der Waals surface area contributed by atoms with Crippen LogP contribution in [0.15, 0.2) is 0 Å². The average molecular weight is 284 g/mol. The summed E-state index contributed by atoms with van der Waals surface area (Å²) < 4.78 is 5.14. The van der Waals surface area contributed by atoms with Gasteiger partial charge in [0.1, 0.15) is 0 Å². The van der Waals surface area contributed by atoms with Crippen molar-refractivity contribution in [2.75, 3.05) is 6.61 Å². The summed E-state index contributed by atoms with van der Waals surface area (Å²) in [5, 5.41) is 9.81. The molecule has 1 rings (SSSR count). The van der Waals surface area contributed by atoms with E-state index in [0.717, 1.165) is 25.7 Å². The molecule has 3 atom stereocenters. The van der Waals surface area contributed by atoms with Crippen LogP contribution in [0.2, 0.25) is 0 Å². The summed E-state index contributed by atoms with van der Waals surface area (Å²) in [6.07, 6.45) is 4.09. The first-order valence-corrected chi connectivity index (χ1v) is 7.75. The fourth-order valence-electron chi connectivity index (χ4n) is 3.55. The molecule has 20 heavy (non-hydrogen) atoms. The zero-order valence-electron chi connectivity index (χ0n) is 13.1. The van der Waals surface area contributed by atoms with E-state index < -0.39 is 17.4 Å². The molecule has 4 heteroatoms. The number of rotatable bonds is 6. The van der Waals surface area contributed by atoms with Crippen molar-refractivity contribution >= 4 is 11.9 Å². The molecule has 4 nitrogen and oxygen atoms in total. The Balaban J connectivity index is 3.13. The van der Waals surface area contributed by atoms with Gasteiger partial charge in [-0.3, -0.25) is 9.59 Å². The van der Waals surface area contributed by atoms with Gasteiger partial charge in [0.15, 0.2) is 5.41 Å². The van der Waals surface area contributed by atoms with E-state index >= 15 is 0 Å². The fraction of sp³-hybridized carbons (Fsp3) is 0.875. The van der Waals surface area contributed by atoms with Gasteiger partial charge in [-0.2, -0.15) is 0 Å². The molecule has 0 saturated heterocycles. The summed E-state index contributed by atoms with van der Waals surface area (Å²) in [6, 6.07) is 0. The quantitative estimate of drug-likeness (QED) is 0.599. The second-order valence-electron chi connectivity index (χ2n) is 6.56. The number of hydrogen-bond donors (Lipinski definition) is 1. The lowest BCUT2D eigenvalue weighted by molar-refractivity contribution is -0.176. The van der Waals surface area contributed by atoms with Crippen LogP contribution in [0.4, 0.5) is 0 Å². The summed E-state index contributed by atoms with van der Waals surface area (Å²) >= 11 is 0. The second kappa shape index (κ2) is 7.09. The second-order valence-corrected chi connectivity index (χ2v) is 6.56. The third kappa shape index (κ3) is 3.53. The molecule has 0 bridgehead atoms. The van der Waals surface area contributed by atoms with E-state index in [9.17, 15) is 14.7 Å². The minimum Gasteiger partial charge on any atom is -0.480 e. The highest BCUT2D eigenvalue weighted by Gasteiger charge is 2.54. The number of esters is 1. The van der Waals surface area contributed by atoms with E-state index in [1.807, 2.05) is 13.8 Å². The van der Waals surface area contributed by atoms with Gasteiger partial charge in [-0.25, -0.2) is 0 Å². The average Bonchev–Trinajstić information content (AvgIpc) is 2.35. The van der Waals surface area contributed by atoms with E-state index in [1.54, 1.807) is 6.92 Å². The third-order valence-electron chi connectivity index (χ3n) is 4.38. The molecule has 116 valence electrons. The first-order chi connectivity index (χ1) is 9.34. The summed E-state index contributed by atoms with van der Waals surface area (Å²) in [5.41, 5.74) is -1.36. The number of carbonyl (C=O) groups is 2. The van der Waals surface area contributed by atoms with Gasteiger partial charge in [-0.05, 0) is 43.9 Å². The van der Waals surface area contributed by atoms with Crippen molar-refractivity contribution in [1.29, 1.82) is 0 Å². The fourth-order valence-corrected chi connectivity index (χ4v) is 3.55. The Labute approximate surface area is 121 Å². The smallest absolute Gasteiger partial charge is 0.323 e. The SMILES string of the molecule is CCOC(=O)C(CC(C)C)(C(=O)O)C1CCCC(C)C1. The molecule has 0 radical (unpaired) electrons. The van der Waals surface area contributed by atoms with Crippen molar-refractivity contribution in [2.24, 2.45) is 23.2 Å². The highest BCUT2D eigenvalue weighted by Crippen LogP contribution is 2.45. The molecule has 1 saturated carbocycles. The number of carboxylic acids is 1. The Hall–Kier alpha value is -1.06. The minimum atomic E-state index is -1.36. The summed E-state index contributed by atoms with van der Waals surface area (Å²) in [4.78, 5) is 24.4. The Bertz CT molecular complexity index is 350. The molecule has 1 aliphatic rings. The van der Waals surface area contributed by atoms with Gasteiger partial charge in [-0.1, -0.05) is 33.6 Å². The summed E-state index contributed by atoms with van der Waals surface area (Å²) in [5.74, 6) is -1.03. The van der Waals surface area contributed by atoms with Crippen LogP contribution in [0.5, 0.6) is 0 Å². The third-order valence-corrected chi connectivity index (χ3v) is 4.38. The van der Waals surface area contributed by atoms with Gasteiger partial charge in [0.25, 0.3) is 0 Å². The van der Waals surface area contributed by atoms with Crippen molar-refractivity contribution in [3.05, 3.63) is 0 Å². The van der Waals surface area contributed by atoms with Gasteiger partial charge in [-0.15, -0.1) is 0 Å². The van der Waals surface area contributed by atoms with Crippen molar-refractivity contribution in [3.8, 4) is 0 Å². The lowest BCUT2D eigenvalue weighted by Gasteiger charge is -2.40. The molecule has 0 aliphatic heterocycles. The normalized spacial score (nSPS) is 26.1. The zero-order chi connectivity index (χ0) is 15.3. The van der Waals surface area contributed by atoms with Crippen LogP contribution >= 0.6 is 0 Å². The molecule has 0 amide bonds. The van der Waals surface area contributed by atoms with Gasteiger partial charge in [0.2, 0.25) is 0 Å². The van der Waals surface area contributed by atoms with Crippen LogP contribution in [-0.4, -0.2) is 23.7 Å². The van der Waals surface area contributed by atoms with E-state index in [-0.39, 0.29) is 18.4 Å². The predicted octanol–water partition coefficient (Wildman–Crippen LogP) is 3.49. The Kier molecular flexibility index (Phi) is 6.03. The van der Waals surface area contributed by atoms with Crippen molar-refractivity contribution < 1.29 is 19.4 Å². The maximum Gasteiger partial charge on any atom is 0.323 e. The van der Waals surface area contributed by atoms with Crippen LogP contribution < -0.4 is 0 Å².